The summed E-state index contributed by atoms with van der Waals surface area (Å²) in [4.78, 5) is 18.3. The molecule has 1 aromatic carbocycles. The van der Waals surface area contributed by atoms with Crippen LogP contribution in [0.2, 0.25) is 0 Å². The van der Waals surface area contributed by atoms with Crippen LogP contribution >= 0.6 is 0 Å². The third-order valence-electron chi connectivity index (χ3n) is 4.61. The smallest absolute Gasteiger partial charge is 0.315 e. The normalized spacial score (nSPS) is 15.9. The van der Waals surface area contributed by atoms with Gasteiger partial charge in [0.25, 0.3) is 0 Å². The van der Waals surface area contributed by atoms with E-state index in [-0.39, 0.29) is 6.03 Å². The van der Waals surface area contributed by atoms with E-state index in [0.29, 0.717) is 25.7 Å². The van der Waals surface area contributed by atoms with Crippen molar-refractivity contribution in [1.29, 1.82) is 0 Å². The average molecular weight is 342 g/mol. The zero-order valence-electron chi connectivity index (χ0n) is 14.7. The highest BCUT2D eigenvalue weighted by Gasteiger charge is 2.18. The molecule has 0 aliphatic carbocycles. The predicted octanol–water partition coefficient (Wildman–Crippen LogP) is 1.61. The van der Waals surface area contributed by atoms with Crippen molar-refractivity contribution in [2.45, 2.75) is 38.9 Å². The first kappa shape index (κ1) is 17.4. The number of urea groups is 1. The Morgan fingerprint density at radius 1 is 1.16 bits per heavy atom. The maximum Gasteiger partial charge on any atom is 0.315 e. The first-order valence-electron chi connectivity index (χ1n) is 8.86. The Kier molecular flexibility index (Phi) is 6.00. The molecule has 2 N–H and O–H groups in total. The van der Waals surface area contributed by atoms with Crippen LogP contribution in [0.15, 0.2) is 36.9 Å². The average Bonchev–Trinajstić information content (AvgIpc) is 3.33. The van der Waals surface area contributed by atoms with Crippen molar-refractivity contribution >= 4 is 6.03 Å². The molecule has 1 aliphatic rings. The van der Waals surface area contributed by atoms with Crippen molar-refractivity contribution in [2.24, 2.45) is 0 Å². The Morgan fingerprint density at radius 3 is 2.56 bits per heavy atom. The van der Waals surface area contributed by atoms with Crippen LogP contribution in [0.3, 0.4) is 0 Å². The van der Waals surface area contributed by atoms with E-state index in [9.17, 15) is 4.79 Å². The van der Waals surface area contributed by atoms with E-state index in [1.165, 1.54) is 19.2 Å². The molecular formula is C18H26N6O. The number of rotatable bonds is 7. The number of nitrogens with zero attached hydrogens (tertiary/aromatic N) is 4. The van der Waals surface area contributed by atoms with Gasteiger partial charge in [0.1, 0.15) is 12.7 Å². The zero-order chi connectivity index (χ0) is 17.5. The molecule has 2 amide bonds. The fraction of sp³-hybridized carbons (Fsp3) is 0.500. The summed E-state index contributed by atoms with van der Waals surface area (Å²) >= 11 is 0. The molecule has 2 heterocycles. The van der Waals surface area contributed by atoms with Gasteiger partial charge in [-0.3, -0.25) is 4.90 Å². The van der Waals surface area contributed by atoms with Gasteiger partial charge in [-0.05, 0) is 44.0 Å². The minimum atomic E-state index is -0.113. The molecule has 2 aromatic rings. The Morgan fingerprint density at radius 2 is 1.88 bits per heavy atom. The highest BCUT2D eigenvalue weighted by Crippen LogP contribution is 2.10. The van der Waals surface area contributed by atoms with Crippen LogP contribution in [0.1, 0.15) is 30.9 Å². The summed E-state index contributed by atoms with van der Waals surface area (Å²) in [6, 6.07) is 8.43. The molecule has 25 heavy (non-hydrogen) atoms. The quantitative estimate of drug-likeness (QED) is 0.802. The van der Waals surface area contributed by atoms with Crippen molar-refractivity contribution in [1.82, 2.24) is 30.3 Å². The van der Waals surface area contributed by atoms with Crippen LogP contribution in [0.4, 0.5) is 4.79 Å². The molecule has 134 valence electrons. The van der Waals surface area contributed by atoms with Crippen LogP contribution in [0.25, 0.3) is 0 Å². The molecule has 0 saturated carbocycles. The number of benzene rings is 1. The lowest BCUT2D eigenvalue weighted by molar-refractivity contribution is 0.226. The summed E-state index contributed by atoms with van der Waals surface area (Å²) in [6.45, 7) is 6.36. The van der Waals surface area contributed by atoms with Crippen molar-refractivity contribution in [2.75, 3.05) is 19.6 Å². The summed E-state index contributed by atoms with van der Waals surface area (Å²) in [7, 11) is 0. The molecule has 7 heteroatoms. The standard InChI is InChI=1S/C18H26N6O/c1-15(23-8-2-3-9-23)10-20-18(25)21-11-16-4-6-17(7-5-16)12-24-14-19-13-22-24/h4-7,13-15H,2-3,8-12H2,1H3,(H2,20,21,25). The second kappa shape index (κ2) is 8.62. The van der Waals surface area contributed by atoms with Crippen LogP contribution in [-0.2, 0) is 13.1 Å². The Hall–Kier alpha value is -2.41. The van der Waals surface area contributed by atoms with E-state index in [2.05, 4.69) is 32.5 Å². The molecule has 1 aliphatic heterocycles. The van der Waals surface area contributed by atoms with E-state index >= 15 is 0 Å². The lowest BCUT2D eigenvalue weighted by atomic mass is 10.1. The molecule has 1 saturated heterocycles. The van der Waals surface area contributed by atoms with Crippen molar-refractivity contribution in [3.05, 3.63) is 48.0 Å². The highest BCUT2D eigenvalue weighted by atomic mass is 16.2. The Labute approximate surface area is 148 Å². The van der Waals surface area contributed by atoms with Gasteiger partial charge in [0.15, 0.2) is 0 Å². The van der Waals surface area contributed by atoms with Gasteiger partial charge in [-0.1, -0.05) is 24.3 Å². The molecule has 0 radical (unpaired) electrons. The molecule has 3 rings (SSSR count). The lowest BCUT2D eigenvalue weighted by Crippen LogP contribution is -2.44. The molecular weight excluding hydrogens is 316 g/mol. The molecule has 1 unspecified atom stereocenters. The first-order valence-corrected chi connectivity index (χ1v) is 8.86. The molecule has 1 aromatic heterocycles. The van der Waals surface area contributed by atoms with Crippen molar-refractivity contribution in [3.63, 3.8) is 0 Å². The van der Waals surface area contributed by atoms with Gasteiger partial charge in [-0.2, -0.15) is 5.10 Å². The summed E-state index contributed by atoms with van der Waals surface area (Å²) in [5, 5.41) is 9.97. The summed E-state index contributed by atoms with van der Waals surface area (Å²) in [5.41, 5.74) is 2.23. The zero-order valence-corrected chi connectivity index (χ0v) is 14.7. The number of amides is 2. The first-order chi connectivity index (χ1) is 12.2. The van der Waals surface area contributed by atoms with Gasteiger partial charge in [-0.15, -0.1) is 0 Å². The summed E-state index contributed by atoms with van der Waals surface area (Å²) in [5.74, 6) is 0. The molecule has 7 nitrogen and oxygen atoms in total. The predicted molar refractivity (Wildman–Crippen MR) is 96.1 cm³/mol. The van der Waals surface area contributed by atoms with Crippen LogP contribution in [0.5, 0.6) is 0 Å². The van der Waals surface area contributed by atoms with Crippen molar-refractivity contribution in [3.8, 4) is 0 Å². The highest BCUT2D eigenvalue weighted by molar-refractivity contribution is 5.73. The SMILES string of the molecule is CC(CNC(=O)NCc1ccc(Cn2cncn2)cc1)N1CCCC1. The van der Waals surface area contributed by atoms with Crippen LogP contribution in [-0.4, -0.2) is 51.4 Å². The number of carbonyl (C=O) groups is 1. The van der Waals surface area contributed by atoms with Gasteiger partial charge >= 0.3 is 6.03 Å². The number of aromatic nitrogens is 3. The van der Waals surface area contributed by atoms with Crippen LogP contribution in [0, 0.1) is 0 Å². The van der Waals surface area contributed by atoms with E-state index < -0.39 is 0 Å². The van der Waals surface area contributed by atoms with Crippen molar-refractivity contribution < 1.29 is 4.79 Å². The summed E-state index contributed by atoms with van der Waals surface area (Å²) in [6.07, 6.45) is 5.76. The van der Waals surface area contributed by atoms with Gasteiger partial charge in [0.05, 0.1) is 6.54 Å². The fourth-order valence-electron chi connectivity index (χ4n) is 3.06. The second-order valence-electron chi connectivity index (χ2n) is 6.57. The number of carbonyl (C=O) groups excluding carboxylic acids is 1. The topological polar surface area (TPSA) is 75.1 Å². The van der Waals surface area contributed by atoms with Crippen LogP contribution < -0.4 is 10.6 Å². The van der Waals surface area contributed by atoms with E-state index in [1.807, 2.05) is 24.3 Å². The molecule has 1 atom stereocenters. The van der Waals surface area contributed by atoms with Gasteiger partial charge in [0, 0.05) is 19.1 Å². The second-order valence-corrected chi connectivity index (χ2v) is 6.57. The number of nitrogens with one attached hydrogen (secondary N) is 2. The molecule has 0 bridgehead atoms. The van der Waals surface area contributed by atoms with Gasteiger partial charge < -0.3 is 10.6 Å². The van der Waals surface area contributed by atoms with E-state index in [0.717, 1.165) is 24.2 Å². The Balaban J connectivity index is 1.38. The third-order valence-corrected chi connectivity index (χ3v) is 4.61. The molecule has 0 spiro atoms. The Bertz CT molecular complexity index is 649. The minimum absolute atomic E-state index is 0.113. The largest absolute Gasteiger partial charge is 0.337 e. The van der Waals surface area contributed by atoms with Gasteiger partial charge in [0.2, 0.25) is 0 Å². The minimum Gasteiger partial charge on any atom is -0.337 e. The van der Waals surface area contributed by atoms with E-state index in [4.69, 9.17) is 0 Å². The maximum atomic E-state index is 12.0. The van der Waals surface area contributed by atoms with Gasteiger partial charge in [-0.25, -0.2) is 14.5 Å². The lowest BCUT2D eigenvalue weighted by Gasteiger charge is -2.23. The monoisotopic (exact) mass is 342 g/mol. The number of hydrogen-bond donors (Lipinski definition) is 2. The fourth-order valence-corrected chi connectivity index (χ4v) is 3.06. The number of likely N-dealkylation sites (tertiary alicyclic amines) is 1. The maximum absolute atomic E-state index is 12.0. The molecule has 1 fully saturated rings. The third kappa shape index (κ3) is 5.29. The number of hydrogen-bond acceptors (Lipinski definition) is 4. The van der Waals surface area contributed by atoms with E-state index in [1.54, 1.807) is 11.0 Å². The summed E-state index contributed by atoms with van der Waals surface area (Å²) < 4.78 is 1.78.